The summed E-state index contributed by atoms with van der Waals surface area (Å²) >= 11 is 0. The third kappa shape index (κ3) is 4.05. The molecule has 5 nitrogen and oxygen atoms in total. The van der Waals surface area contributed by atoms with Crippen molar-refractivity contribution in [3.63, 3.8) is 0 Å². The van der Waals surface area contributed by atoms with Crippen molar-refractivity contribution in [1.29, 1.82) is 0 Å². The SMILES string of the molecule is CCN(CC)C(=O)CN1CCN(C(=O)c2ccc3ccccc3c2)CC1. The normalized spacial score (nSPS) is 15.2. The van der Waals surface area contributed by atoms with Crippen LogP contribution in [0.5, 0.6) is 0 Å². The second kappa shape index (κ2) is 8.32. The summed E-state index contributed by atoms with van der Waals surface area (Å²) in [4.78, 5) is 30.9. The number of piperazine rings is 1. The Labute approximate surface area is 155 Å². The molecule has 0 radical (unpaired) electrons. The number of carbonyl (C=O) groups is 2. The Morgan fingerprint density at radius 2 is 1.58 bits per heavy atom. The standard InChI is InChI=1S/C21H27N3O2/c1-3-23(4-2)20(25)16-22-11-13-24(14-12-22)21(26)19-10-9-17-7-5-6-8-18(17)15-19/h5-10,15H,3-4,11-14,16H2,1-2H3. The van der Waals surface area contributed by atoms with Gasteiger partial charge in [-0.15, -0.1) is 0 Å². The second-order valence-corrected chi connectivity index (χ2v) is 6.70. The van der Waals surface area contributed by atoms with Crippen molar-refractivity contribution < 1.29 is 9.59 Å². The number of likely N-dealkylation sites (N-methyl/N-ethyl adjacent to an activating group) is 1. The fourth-order valence-corrected chi connectivity index (χ4v) is 3.48. The Morgan fingerprint density at radius 1 is 0.923 bits per heavy atom. The highest BCUT2D eigenvalue weighted by atomic mass is 16.2. The van der Waals surface area contributed by atoms with Crippen LogP contribution in [0.3, 0.4) is 0 Å². The highest BCUT2D eigenvalue weighted by Gasteiger charge is 2.24. The van der Waals surface area contributed by atoms with Crippen LogP contribution in [0.25, 0.3) is 10.8 Å². The van der Waals surface area contributed by atoms with Gasteiger partial charge < -0.3 is 9.80 Å². The van der Waals surface area contributed by atoms with E-state index in [1.807, 2.05) is 60.0 Å². The molecule has 1 saturated heterocycles. The summed E-state index contributed by atoms with van der Waals surface area (Å²) in [6, 6.07) is 13.9. The number of carbonyl (C=O) groups excluding carboxylic acids is 2. The summed E-state index contributed by atoms with van der Waals surface area (Å²) in [6.45, 7) is 8.75. The molecule has 138 valence electrons. The number of rotatable bonds is 5. The van der Waals surface area contributed by atoms with Gasteiger partial charge in [-0.05, 0) is 36.8 Å². The van der Waals surface area contributed by atoms with Crippen LogP contribution in [0.1, 0.15) is 24.2 Å². The van der Waals surface area contributed by atoms with Crippen LogP contribution in [0.2, 0.25) is 0 Å². The predicted molar refractivity (Wildman–Crippen MR) is 104 cm³/mol. The molecule has 1 aliphatic rings. The van der Waals surface area contributed by atoms with Gasteiger partial charge in [-0.2, -0.15) is 0 Å². The van der Waals surface area contributed by atoms with Crippen LogP contribution in [0.15, 0.2) is 42.5 Å². The smallest absolute Gasteiger partial charge is 0.253 e. The molecule has 0 spiro atoms. The molecular formula is C21H27N3O2. The molecule has 0 atom stereocenters. The number of fused-ring (bicyclic) bond motifs is 1. The number of hydrogen-bond donors (Lipinski definition) is 0. The van der Waals surface area contributed by atoms with Gasteiger partial charge in [0.05, 0.1) is 6.54 Å². The molecule has 0 aliphatic carbocycles. The summed E-state index contributed by atoms with van der Waals surface area (Å²) in [6.07, 6.45) is 0. The fourth-order valence-electron chi connectivity index (χ4n) is 3.48. The van der Waals surface area contributed by atoms with Gasteiger partial charge in [0.1, 0.15) is 0 Å². The molecule has 1 aliphatic heterocycles. The zero-order valence-electron chi connectivity index (χ0n) is 15.6. The summed E-state index contributed by atoms with van der Waals surface area (Å²) in [5.41, 5.74) is 0.733. The topological polar surface area (TPSA) is 43.9 Å². The van der Waals surface area contributed by atoms with Crippen molar-refractivity contribution in [1.82, 2.24) is 14.7 Å². The molecule has 0 unspecified atom stereocenters. The largest absolute Gasteiger partial charge is 0.342 e. The van der Waals surface area contributed by atoms with Crippen molar-refractivity contribution in [2.45, 2.75) is 13.8 Å². The van der Waals surface area contributed by atoms with Crippen LogP contribution < -0.4 is 0 Å². The molecule has 2 aromatic rings. The minimum Gasteiger partial charge on any atom is -0.342 e. The third-order valence-corrected chi connectivity index (χ3v) is 5.13. The van der Waals surface area contributed by atoms with E-state index in [1.54, 1.807) is 0 Å². The number of nitrogens with zero attached hydrogens (tertiary/aromatic N) is 3. The first kappa shape index (κ1) is 18.4. The lowest BCUT2D eigenvalue weighted by Crippen LogP contribution is -2.51. The predicted octanol–water partition coefficient (Wildman–Crippen LogP) is 2.47. The molecule has 1 fully saturated rings. The van der Waals surface area contributed by atoms with E-state index < -0.39 is 0 Å². The summed E-state index contributed by atoms with van der Waals surface area (Å²) in [5.74, 6) is 0.245. The molecule has 1 heterocycles. The van der Waals surface area contributed by atoms with Crippen LogP contribution in [0.4, 0.5) is 0 Å². The third-order valence-electron chi connectivity index (χ3n) is 5.13. The van der Waals surface area contributed by atoms with E-state index in [4.69, 9.17) is 0 Å². The van der Waals surface area contributed by atoms with Crippen molar-refractivity contribution in [3.05, 3.63) is 48.0 Å². The van der Waals surface area contributed by atoms with E-state index in [0.717, 1.165) is 42.5 Å². The number of hydrogen-bond acceptors (Lipinski definition) is 3. The molecule has 2 aromatic carbocycles. The van der Waals surface area contributed by atoms with E-state index >= 15 is 0 Å². The average Bonchev–Trinajstić information content (AvgIpc) is 2.68. The highest BCUT2D eigenvalue weighted by molar-refractivity contribution is 5.98. The Hall–Kier alpha value is -2.40. The van der Waals surface area contributed by atoms with Gasteiger partial charge in [-0.1, -0.05) is 30.3 Å². The first-order valence-electron chi connectivity index (χ1n) is 9.40. The van der Waals surface area contributed by atoms with Gasteiger partial charge in [-0.25, -0.2) is 0 Å². The number of amides is 2. The maximum Gasteiger partial charge on any atom is 0.253 e. The van der Waals surface area contributed by atoms with Gasteiger partial charge >= 0.3 is 0 Å². The van der Waals surface area contributed by atoms with E-state index in [1.165, 1.54) is 0 Å². The van der Waals surface area contributed by atoms with Crippen molar-refractivity contribution in [2.24, 2.45) is 0 Å². The Kier molecular flexibility index (Phi) is 5.89. The van der Waals surface area contributed by atoms with Crippen molar-refractivity contribution in [2.75, 3.05) is 45.8 Å². The van der Waals surface area contributed by atoms with E-state index in [0.29, 0.717) is 19.6 Å². The summed E-state index contributed by atoms with van der Waals surface area (Å²) in [5, 5.41) is 2.23. The van der Waals surface area contributed by atoms with E-state index in [-0.39, 0.29) is 11.8 Å². The molecule has 26 heavy (non-hydrogen) atoms. The average molecular weight is 353 g/mol. The van der Waals surface area contributed by atoms with Crippen molar-refractivity contribution in [3.8, 4) is 0 Å². The van der Waals surface area contributed by atoms with Gasteiger partial charge in [0.2, 0.25) is 5.91 Å². The molecule has 5 heteroatoms. The molecule has 3 rings (SSSR count). The van der Waals surface area contributed by atoms with Gasteiger partial charge in [-0.3, -0.25) is 14.5 Å². The Morgan fingerprint density at radius 3 is 2.23 bits per heavy atom. The second-order valence-electron chi connectivity index (χ2n) is 6.70. The number of benzene rings is 2. The van der Waals surface area contributed by atoms with Crippen LogP contribution in [0, 0.1) is 0 Å². The molecule has 2 amide bonds. The zero-order chi connectivity index (χ0) is 18.5. The minimum absolute atomic E-state index is 0.0745. The zero-order valence-corrected chi connectivity index (χ0v) is 15.6. The van der Waals surface area contributed by atoms with Crippen molar-refractivity contribution >= 4 is 22.6 Å². The van der Waals surface area contributed by atoms with Crippen LogP contribution in [-0.4, -0.2) is 72.3 Å². The Bertz CT molecular complexity index is 778. The van der Waals surface area contributed by atoms with E-state index in [2.05, 4.69) is 11.0 Å². The molecule has 0 N–H and O–H groups in total. The molecule has 0 bridgehead atoms. The Balaban J connectivity index is 1.58. The molecule has 0 aromatic heterocycles. The van der Waals surface area contributed by atoms with Crippen LogP contribution >= 0.6 is 0 Å². The first-order valence-corrected chi connectivity index (χ1v) is 9.40. The van der Waals surface area contributed by atoms with Gasteiger partial charge in [0, 0.05) is 44.8 Å². The lowest BCUT2D eigenvalue weighted by Gasteiger charge is -2.35. The summed E-state index contributed by atoms with van der Waals surface area (Å²) < 4.78 is 0. The first-order chi connectivity index (χ1) is 12.6. The highest BCUT2D eigenvalue weighted by Crippen LogP contribution is 2.17. The molecular weight excluding hydrogens is 326 g/mol. The van der Waals surface area contributed by atoms with Gasteiger partial charge in [0.25, 0.3) is 5.91 Å². The van der Waals surface area contributed by atoms with E-state index in [9.17, 15) is 9.59 Å². The maximum absolute atomic E-state index is 12.8. The summed E-state index contributed by atoms with van der Waals surface area (Å²) in [7, 11) is 0. The monoisotopic (exact) mass is 353 g/mol. The quantitative estimate of drug-likeness (QED) is 0.829. The fraction of sp³-hybridized carbons (Fsp3) is 0.429. The molecule has 0 saturated carbocycles. The lowest BCUT2D eigenvalue weighted by molar-refractivity contribution is -0.132. The van der Waals surface area contributed by atoms with Gasteiger partial charge in [0.15, 0.2) is 0 Å². The minimum atomic E-state index is 0.0745. The lowest BCUT2D eigenvalue weighted by atomic mass is 10.1. The van der Waals surface area contributed by atoms with Crippen LogP contribution in [-0.2, 0) is 4.79 Å². The maximum atomic E-state index is 12.8.